The second kappa shape index (κ2) is 6.23. The van der Waals surface area contributed by atoms with Crippen molar-refractivity contribution in [1.82, 2.24) is 0 Å². The number of ether oxygens (including phenoxy) is 1. The third-order valence-corrected chi connectivity index (χ3v) is 4.45. The molecule has 0 aromatic heterocycles. The summed E-state index contributed by atoms with van der Waals surface area (Å²) in [5.74, 6) is -1.30. The van der Waals surface area contributed by atoms with Crippen LogP contribution >= 0.6 is 0 Å². The van der Waals surface area contributed by atoms with Gasteiger partial charge in [0.2, 0.25) is 0 Å². The summed E-state index contributed by atoms with van der Waals surface area (Å²) in [4.78, 5) is 1.69. The molecule has 1 unspecified atom stereocenters. The van der Waals surface area contributed by atoms with E-state index in [9.17, 15) is 13.2 Å². The van der Waals surface area contributed by atoms with E-state index in [1.807, 2.05) is 13.8 Å². The summed E-state index contributed by atoms with van der Waals surface area (Å²) >= 11 is 0. The Hall–Kier alpha value is -2.43. The van der Waals surface area contributed by atoms with E-state index >= 15 is 0 Å². The minimum atomic E-state index is -0.655. The van der Waals surface area contributed by atoms with Crippen LogP contribution in [-0.4, -0.2) is 7.11 Å². The lowest BCUT2D eigenvalue weighted by Gasteiger charge is -2.36. The molecule has 1 aliphatic heterocycles. The number of hydrogen-bond acceptors (Lipinski definition) is 2. The molecule has 24 heavy (non-hydrogen) atoms. The molecule has 0 bridgehead atoms. The molecule has 2 aromatic rings. The summed E-state index contributed by atoms with van der Waals surface area (Å²) < 4.78 is 47.2. The third-order valence-electron chi connectivity index (χ3n) is 4.45. The Kier molecular flexibility index (Phi) is 4.26. The van der Waals surface area contributed by atoms with Gasteiger partial charge in [0.05, 0.1) is 19.3 Å². The van der Waals surface area contributed by atoms with Crippen LogP contribution in [0, 0.1) is 17.5 Å². The highest BCUT2D eigenvalue weighted by Gasteiger charge is 2.32. The Morgan fingerprint density at radius 1 is 1.08 bits per heavy atom. The first kappa shape index (κ1) is 16.4. The maximum Gasteiger partial charge on any atom is 0.193 e. The first-order chi connectivity index (χ1) is 11.4. The van der Waals surface area contributed by atoms with E-state index < -0.39 is 11.6 Å². The van der Waals surface area contributed by atoms with Gasteiger partial charge in [0.1, 0.15) is 17.5 Å². The summed E-state index contributed by atoms with van der Waals surface area (Å²) in [6.45, 7) is 3.96. The quantitative estimate of drug-likeness (QED) is 0.774. The molecule has 0 spiro atoms. The van der Waals surface area contributed by atoms with Crippen molar-refractivity contribution >= 4 is 5.69 Å². The molecule has 5 heteroatoms. The van der Waals surface area contributed by atoms with E-state index in [-0.39, 0.29) is 18.3 Å². The second-order valence-corrected chi connectivity index (χ2v) is 5.95. The Morgan fingerprint density at radius 3 is 2.50 bits per heavy atom. The smallest absolute Gasteiger partial charge is 0.193 e. The molecule has 0 radical (unpaired) electrons. The van der Waals surface area contributed by atoms with Gasteiger partial charge in [-0.3, -0.25) is 0 Å². The van der Waals surface area contributed by atoms with Gasteiger partial charge in [0.15, 0.2) is 5.88 Å². The topological polar surface area (TPSA) is 12.5 Å². The maximum absolute atomic E-state index is 14.4. The second-order valence-electron chi connectivity index (χ2n) is 5.95. The van der Waals surface area contributed by atoms with Crippen LogP contribution in [0.2, 0.25) is 0 Å². The van der Waals surface area contributed by atoms with Crippen LogP contribution in [0.15, 0.2) is 47.9 Å². The normalized spacial score (nSPS) is 17.1. The first-order valence-corrected chi connectivity index (χ1v) is 7.68. The van der Waals surface area contributed by atoms with E-state index in [2.05, 4.69) is 0 Å². The molecule has 1 atom stereocenters. The van der Waals surface area contributed by atoms with Gasteiger partial charge < -0.3 is 9.64 Å². The molecular formula is C19H18F3NO. The molecule has 126 valence electrons. The van der Waals surface area contributed by atoms with Crippen molar-refractivity contribution in [3.63, 3.8) is 0 Å². The zero-order valence-electron chi connectivity index (χ0n) is 13.7. The van der Waals surface area contributed by atoms with E-state index in [4.69, 9.17) is 4.74 Å². The van der Waals surface area contributed by atoms with Gasteiger partial charge in [0.25, 0.3) is 0 Å². The van der Waals surface area contributed by atoms with Crippen molar-refractivity contribution in [3.8, 4) is 0 Å². The number of hydrogen-bond donors (Lipinski definition) is 0. The molecule has 3 rings (SSSR count). The Morgan fingerprint density at radius 2 is 1.83 bits per heavy atom. The lowest BCUT2D eigenvalue weighted by atomic mass is 9.88. The van der Waals surface area contributed by atoms with Gasteiger partial charge >= 0.3 is 0 Å². The monoisotopic (exact) mass is 333 g/mol. The van der Waals surface area contributed by atoms with E-state index in [0.29, 0.717) is 22.7 Å². The number of allylic oxidation sites excluding steroid dienone is 1. The highest BCUT2D eigenvalue weighted by Crippen LogP contribution is 2.43. The molecule has 2 aromatic carbocycles. The molecule has 1 aliphatic rings. The van der Waals surface area contributed by atoms with Crippen LogP contribution < -0.4 is 4.90 Å². The van der Waals surface area contributed by atoms with E-state index in [1.54, 1.807) is 17.0 Å². The number of halogens is 3. The minimum absolute atomic E-state index is 0.237. The van der Waals surface area contributed by atoms with Crippen molar-refractivity contribution in [2.24, 2.45) is 0 Å². The van der Waals surface area contributed by atoms with Crippen LogP contribution in [-0.2, 0) is 11.3 Å². The highest BCUT2D eigenvalue weighted by atomic mass is 19.1. The molecule has 0 amide bonds. The Labute approximate surface area is 139 Å². The summed E-state index contributed by atoms with van der Waals surface area (Å²) in [6, 6.07) is 8.30. The number of fused-ring (bicyclic) bond motifs is 1. The van der Waals surface area contributed by atoms with Gasteiger partial charge in [-0.2, -0.15) is 0 Å². The SMILES string of the molecule is COC1=C(C)C(C)c2c(F)cc(F)cc2N1Cc1cccc(F)c1. The van der Waals surface area contributed by atoms with Gasteiger partial charge in [-0.25, -0.2) is 13.2 Å². The van der Waals surface area contributed by atoms with Crippen molar-refractivity contribution in [2.75, 3.05) is 12.0 Å². The van der Waals surface area contributed by atoms with Crippen LogP contribution in [0.4, 0.5) is 18.9 Å². The summed E-state index contributed by atoms with van der Waals surface area (Å²) in [5, 5.41) is 0. The Bertz CT molecular complexity index is 816. The fraction of sp³-hybridized carbons (Fsp3) is 0.263. The van der Waals surface area contributed by atoms with Gasteiger partial charge in [0, 0.05) is 17.5 Å². The maximum atomic E-state index is 14.4. The Balaban J connectivity index is 2.15. The predicted octanol–water partition coefficient (Wildman–Crippen LogP) is 5.11. The third kappa shape index (κ3) is 2.75. The molecule has 1 heterocycles. The summed E-state index contributed by atoms with van der Waals surface area (Å²) in [5.41, 5.74) is 2.35. The fourth-order valence-corrected chi connectivity index (χ4v) is 3.19. The molecular weight excluding hydrogens is 315 g/mol. The largest absolute Gasteiger partial charge is 0.482 e. The fourth-order valence-electron chi connectivity index (χ4n) is 3.19. The lowest BCUT2D eigenvalue weighted by Crippen LogP contribution is -2.30. The van der Waals surface area contributed by atoms with Crippen molar-refractivity contribution in [3.05, 3.63) is 76.4 Å². The summed E-state index contributed by atoms with van der Waals surface area (Å²) in [7, 11) is 1.52. The van der Waals surface area contributed by atoms with Crippen LogP contribution in [0.1, 0.15) is 30.9 Å². The molecule has 0 saturated heterocycles. The van der Waals surface area contributed by atoms with Gasteiger partial charge in [-0.05, 0) is 36.3 Å². The van der Waals surface area contributed by atoms with E-state index in [0.717, 1.165) is 11.6 Å². The number of benzene rings is 2. The number of rotatable bonds is 3. The predicted molar refractivity (Wildman–Crippen MR) is 87.1 cm³/mol. The number of anilines is 1. The average Bonchev–Trinajstić information content (AvgIpc) is 2.52. The van der Waals surface area contributed by atoms with Gasteiger partial charge in [-0.15, -0.1) is 0 Å². The van der Waals surface area contributed by atoms with Crippen molar-refractivity contribution in [2.45, 2.75) is 26.3 Å². The van der Waals surface area contributed by atoms with Crippen LogP contribution in [0.25, 0.3) is 0 Å². The average molecular weight is 333 g/mol. The molecule has 0 saturated carbocycles. The molecule has 0 aliphatic carbocycles. The van der Waals surface area contributed by atoms with Crippen molar-refractivity contribution in [1.29, 1.82) is 0 Å². The van der Waals surface area contributed by atoms with Crippen molar-refractivity contribution < 1.29 is 17.9 Å². The molecule has 0 N–H and O–H groups in total. The first-order valence-electron chi connectivity index (χ1n) is 7.68. The van der Waals surface area contributed by atoms with Gasteiger partial charge in [-0.1, -0.05) is 19.1 Å². The lowest BCUT2D eigenvalue weighted by molar-refractivity contribution is 0.267. The molecule has 0 fully saturated rings. The zero-order chi connectivity index (χ0) is 17.4. The minimum Gasteiger partial charge on any atom is -0.482 e. The standard InChI is InChI=1S/C19H18F3NO/c1-11-12(2)19(24-3)23(10-13-5-4-6-14(20)7-13)17-9-15(21)8-16(22)18(11)17/h4-9,11H,10H2,1-3H3. The zero-order valence-corrected chi connectivity index (χ0v) is 13.7. The number of nitrogens with zero attached hydrogens (tertiary/aromatic N) is 1. The highest BCUT2D eigenvalue weighted by molar-refractivity contribution is 5.64. The van der Waals surface area contributed by atoms with Crippen LogP contribution in [0.3, 0.4) is 0 Å². The van der Waals surface area contributed by atoms with Crippen LogP contribution in [0.5, 0.6) is 0 Å². The summed E-state index contributed by atoms with van der Waals surface area (Å²) in [6.07, 6.45) is 0. The number of methoxy groups -OCH3 is 1. The van der Waals surface area contributed by atoms with E-state index in [1.165, 1.54) is 25.3 Å². The molecule has 2 nitrogen and oxygen atoms in total.